The van der Waals surface area contributed by atoms with Crippen molar-refractivity contribution in [2.75, 3.05) is 0 Å². The molecule has 1 aromatic rings. The fourth-order valence-electron chi connectivity index (χ4n) is 1.44. The summed E-state index contributed by atoms with van der Waals surface area (Å²) in [5.74, 6) is 0.162. The number of amidine groups is 1. The molecule has 1 aromatic carbocycles. The van der Waals surface area contributed by atoms with E-state index in [2.05, 4.69) is 6.58 Å². The Bertz CT molecular complexity index is 431. The lowest BCUT2D eigenvalue weighted by Crippen LogP contribution is -2.20. The molecule has 1 heterocycles. The lowest BCUT2D eigenvalue weighted by molar-refractivity contribution is 0.558. The van der Waals surface area contributed by atoms with Gasteiger partial charge in [-0.15, -0.1) is 0 Å². The van der Waals surface area contributed by atoms with Crippen LogP contribution in [0.1, 0.15) is 5.56 Å². The van der Waals surface area contributed by atoms with Gasteiger partial charge in [0.25, 0.3) is 0 Å². The SMILES string of the molecule is C=C1C=CN(Cc2ccc(F)cc2)C1=N. The first-order valence-electron chi connectivity index (χ1n) is 4.64. The average molecular weight is 202 g/mol. The molecule has 0 amide bonds. The highest BCUT2D eigenvalue weighted by atomic mass is 19.1. The van der Waals surface area contributed by atoms with E-state index in [0.717, 1.165) is 5.56 Å². The third-order valence-electron chi connectivity index (χ3n) is 2.31. The molecule has 0 saturated carbocycles. The number of nitrogens with zero attached hydrogens (tertiary/aromatic N) is 1. The van der Waals surface area contributed by atoms with E-state index in [-0.39, 0.29) is 5.82 Å². The maximum Gasteiger partial charge on any atom is 0.131 e. The Morgan fingerprint density at radius 1 is 1.27 bits per heavy atom. The van der Waals surface area contributed by atoms with Crippen LogP contribution in [0.3, 0.4) is 0 Å². The summed E-state index contributed by atoms with van der Waals surface area (Å²) in [6.45, 7) is 4.31. The third kappa shape index (κ3) is 1.96. The molecule has 0 aliphatic carbocycles. The molecule has 3 heteroatoms. The fraction of sp³-hybridized carbons (Fsp3) is 0.0833. The van der Waals surface area contributed by atoms with E-state index < -0.39 is 0 Å². The number of rotatable bonds is 2. The van der Waals surface area contributed by atoms with Crippen LogP contribution in [0.5, 0.6) is 0 Å². The molecule has 1 aliphatic rings. The summed E-state index contributed by atoms with van der Waals surface area (Å²) >= 11 is 0. The van der Waals surface area contributed by atoms with Gasteiger partial charge in [0, 0.05) is 18.3 Å². The van der Waals surface area contributed by atoms with Crippen LogP contribution < -0.4 is 0 Å². The van der Waals surface area contributed by atoms with Crippen LogP contribution in [-0.2, 0) is 6.54 Å². The van der Waals surface area contributed by atoms with E-state index in [4.69, 9.17) is 5.41 Å². The van der Waals surface area contributed by atoms with Crippen LogP contribution in [0, 0.1) is 11.2 Å². The lowest BCUT2D eigenvalue weighted by atomic mass is 10.2. The molecule has 2 nitrogen and oxygen atoms in total. The van der Waals surface area contributed by atoms with Gasteiger partial charge in [-0.2, -0.15) is 0 Å². The maximum absolute atomic E-state index is 12.7. The van der Waals surface area contributed by atoms with Gasteiger partial charge in [0.15, 0.2) is 0 Å². The van der Waals surface area contributed by atoms with Crippen LogP contribution in [-0.4, -0.2) is 10.7 Å². The largest absolute Gasteiger partial charge is 0.329 e. The van der Waals surface area contributed by atoms with Gasteiger partial charge in [-0.05, 0) is 23.8 Å². The number of nitrogens with one attached hydrogen (secondary N) is 1. The molecule has 0 fully saturated rings. The summed E-state index contributed by atoms with van der Waals surface area (Å²) in [6, 6.07) is 6.29. The van der Waals surface area contributed by atoms with E-state index in [1.165, 1.54) is 12.1 Å². The molecule has 0 unspecified atom stereocenters. The molecule has 0 radical (unpaired) electrons. The zero-order valence-electron chi connectivity index (χ0n) is 8.20. The molecular weight excluding hydrogens is 191 g/mol. The van der Waals surface area contributed by atoms with Gasteiger partial charge in [-0.25, -0.2) is 4.39 Å². The second-order valence-corrected chi connectivity index (χ2v) is 3.44. The highest BCUT2D eigenvalue weighted by Gasteiger charge is 2.14. The molecule has 15 heavy (non-hydrogen) atoms. The van der Waals surface area contributed by atoms with Crippen LogP contribution in [0.2, 0.25) is 0 Å². The first-order valence-corrected chi connectivity index (χ1v) is 4.64. The molecule has 0 aromatic heterocycles. The molecule has 1 aliphatic heterocycles. The van der Waals surface area contributed by atoms with Crippen molar-refractivity contribution >= 4 is 5.84 Å². The van der Waals surface area contributed by atoms with Gasteiger partial charge in [0.1, 0.15) is 11.7 Å². The number of benzene rings is 1. The van der Waals surface area contributed by atoms with E-state index in [1.54, 1.807) is 23.1 Å². The maximum atomic E-state index is 12.7. The number of halogens is 1. The zero-order valence-corrected chi connectivity index (χ0v) is 8.20. The molecule has 1 N–H and O–H groups in total. The average Bonchev–Trinajstić information content (AvgIpc) is 2.53. The minimum Gasteiger partial charge on any atom is -0.329 e. The topological polar surface area (TPSA) is 27.1 Å². The van der Waals surface area contributed by atoms with Crippen molar-refractivity contribution in [3.05, 3.63) is 60.1 Å². The summed E-state index contributed by atoms with van der Waals surface area (Å²) in [6.07, 6.45) is 3.61. The normalized spacial score (nSPS) is 15.1. The molecule has 0 spiro atoms. The van der Waals surface area contributed by atoms with Crippen LogP contribution in [0.4, 0.5) is 4.39 Å². The van der Waals surface area contributed by atoms with Crippen molar-refractivity contribution in [1.82, 2.24) is 4.90 Å². The van der Waals surface area contributed by atoms with Gasteiger partial charge >= 0.3 is 0 Å². The third-order valence-corrected chi connectivity index (χ3v) is 2.31. The summed E-state index contributed by atoms with van der Waals surface area (Å²) in [5, 5.41) is 7.69. The predicted octanol–water partition coefficient (Wildman–Crippen LogP) is 2.69. The summed E-state index contributed by atoms with van der Waals surface area (Å²) in [5.41, 5.74) is 1.68. The molecule has 0 atom stereocenters. The van der Waals surface area contributed by atoms with Crippen molar-refractivity contribution in [3.63, 3.8) is 0 Å². The molecule has 2 rings (SSSR count). The van der Waals surface area contributed by atoms with Gasteiger partial charge < -0.3 is 4.90 Å². The fourth-order valence-corrected chi connectivity index (χ4v) is 1.44. The van der Waals surface area contributed by atoms with Gasteiger partial charge in [-0.3, -0.25) is 5.41 Å². The van der Waals surface area contributed by atoms with Crippen molar-refractivity contribution in [2.24, 2.45) is 0 Å². The Balaban J connectivity index is 2.10. The van der Waals surface area contributed by atoms with Crippen molar-refractivity contribution in [2.45, 2.75) is 6.54 Å². The minimum absolute atomic E-state index is 0.241. The summed E-state index contributed by atoms with van der Waals surface area (Å²) in [4.78, 5) is 1.77. The van der Waals surface area contributed by atoms with Gasteiger partial charge in [-0.1, -0.05) is 18.7 Å². The van der Waals surface area contributed by atoms with E-state index in [9.17, 15) is 4.39 Å². The lowest BCUT2D eigenvalue weighted by Gasteiger charge is -2.15. The second-order valence-electron chi connectivity index (χ2n) is 3.44. The predicted molar refractivity (Wildman–Crippen MR) is 57.9 cm³/mol. The number of hydrogen-bond donors (Lipinski definition) is 1. The highest BCUT2D eigenvalue weighted by molar-refractivity contribution is 6.00. The zero-order chi connectivity index (χ0) is 10.8. The Morgan fingerprint density at radius 3 is 2.47 bits per heavy atom. The second kappa shape index (κ2) is 3.69. The molecule has 0 bridgehead atoms. The highest BCUT2D eigenvalue weighted by Crippen LogP contribution is 2.15. The van der Waals surface area contributed by atoms with Crippen LogP contribution in [0.15, 0.2) is 48.7 Å². The van der Waals surface area contributed by atoms with E-state index in [0.29, 0.717) is 18.0 Å². The first kappa shape index (κ1) is 9.65. The molecular formula is C12H11FN2. The smallest absolute Gasteiger partial charge is 0.131 e. The van der Waals surface area contributed by atoms with Crippen molar-refractivity contribution in [1.29, 1.82) is 5.41 Å². The van der Waals surface area contributed by atoms with Gasteiger partial charge in [0.05, 0.1) is 0 Å². The van der Waals surface area contributed by atoms with Crippen molar-refractivity contribution < 1.29 is 4.39 Å². The Kier molecular flexibility index (Phi) is 2.37. The van der Waals surface area contributed by atoms with Crippen molar-refractivity contribution in [3.8, 4) is 0 Å². The van der Waals surface area contributed by atoms with Gasteiger partial charge in [0.2, 0.25) is 0 Å². The standard InChI is InChI=1S/C12H11FN2/c1-9-6-7-15(12(9)14)8-10-2-4-11(13)5-3-10/h2-7,14H,1,8H2. The Labute approximate surface area is 87.8 Å². The number of hydrogen-bond acceptors (Lipinski definition) is 1. The van der Waals surface area contributed by atoms with E-state index >= 15 is 0 Å². The summed E-state index contributed by atoms with van der Waals surface area (Å²) < 4.78 is 12.7. The Morgan fingerprint density at radius 2 is 1.93 bits per heavy atom. The van der Waals surface area contributed by atoms with Crippen LogP contribution in [0.25, 0.3) is 0 Å². The van der Waals surface area contributed by atoms with Crippen LogP contribution >= 0.6 is 0 Å². The Hall–Kier alpha value is -1.90. The molecule has 76 valence electrons. The first-order chi connectivity index (χ1) is 7.16. The minimum atomic E-state index is -0.241. The monoisotopic (exact) mass is 202 g/mol. The van der Waals surface area contributed by atoms with E-state index in [1.807, 2.05) is 6.20 Å². The summed E-state index contributed by atoms with van der Waals surface area (Å²) in [7, 11) is 0. The quantitative estimate of drug-likeness (QED) is 0.784. The molecule has 0 saturated heterocycles.